The summed E-state index contributed by atoms with van der Waals surface area (Å²) in [5.41, 5.74) is 0.924. The van der Waals surface area contributed by atoms with Crippen molar-refractivity contribution < 1.29 is 18.7 Å². The summed E-state index contributed by atoms with van der Waals surface area (Å²) in [6.45, 7) is 1.18. The van der Waals surface area contributed by atoms with E-state index < -0.39 is 5.66 Å². The van der Waals surface area contributed by atoms with Gasteiger partial charge in [0, 0.05) is 6.54 Å². The lowest BCUT2D eigenvalue weighted by molar-refractivity contribution is -0.140. The molecule has 0 spiro atoms. The molecule has 0 aromatic heterocycles. The van der Waals surface area contributed by atoms with E-state index in [4.69, 9.17) is 4.74 Å². The molecule has 1 fully saturated rings. The average molecular weight is 370 g/mol. The van der Waals surface area contributed by atoms with Crippen LogP contribution >= 0.6 is 0 Å². The Balaban J connectivity index is 1.67. The zero-order valence-electron chi connectivity index (χ0n) is 15.1. The number of rotatable bonds is 8. The fourth-order valence-corrected chi connectivity index (χ4v) is 3.48. The average Bonchev–Trinajstić information content (AvgIpc) is 3.08. The second kappa shape index (κ2) is 8.77. The zero-order chi connectivity index (χ0) is 19.1. The Morgan fingerprint density at radius 2 is 1.89 bits per heavy atom. The minimum atomic E-state index is -0.840. The van der Waals surface area contributed by atoms with Crippen molar-refractivity contribution in [1.29, 1.82) is 0 Å². The van der Waals surface area contributed by atoms with E-state index in [0.29, 0.717) is 26.0 Å². The SMILES string of the molecule is O=CNC1(COCc2ccccc2)CCCN1C(=O)Cc1ccc(F)cc1. The highest BCUT2D eigenvalue weighted by Gasteiger charge is 2.43. The number of nitrogens with one attached hydrogen (secondary N) is 1. The molecule has 1 heterocycles. The highest BCUT2D eigenvalue weighted by atomic mass is 19.1. The van der Waals surface area contributed by atoms with Gasteiger partial charge in [0.15, 0.2) is 0 Å². The van der Waals surface area contributed by atoms with E-state index >= 15 is 0 Å². The lowest BCUT2D eigenvalue weighted by Gasteiger charge is -2.38. The molecule has 5 nitrogen and oxygen atoms in total. The largest absolute Gasteiger partial charge is 0.372 e. The Kier molecular flexibility index (Phi) is 6.19. The fourth-order valence-electron chi connectivity index (χ4n) is 3.48. The minimum absolute atomic E-state index is 0.114. The van der Waals surface area contributed by atoms with E-state index in [2.05, 4.69) is 5.32 Å². The van der Waals surface area contributed by atoms with Crippen molar-refractivity contribution in [2.45, 2.75) is 31.5 Å². The van der Waals surface area contributed by atoms with Crippen LogP contribution in [0.25, 0.3) is 0 Å². The van der Waals surface area contributed by atoms with E-state index in [9.17, 15) is 14.0 Å². The topological polar surface area (TPSA) is 58.6 Å². The Morgan fingerprint density at radius 3 is 2.59 bits per heavy atom. The Labute approximate surface area is 158 Å². The van der Waals surface area contributed by atoms with Crippen LogP contribution in [0.5, 0.6) is 0 Å². The second-order valence-corrected chi connectivity index (χ2v) is 6.72. The number of carbonyl (C=O) groups is 2. The smallest absolute Gasteiger partial charge is 0.228 e. The summed E-state index contributed by atoms with van der Waals surface area (Å²) < 4.78 is 18.9. The van der Waals surface area contributed by atoms with Crippen molar-refractivity contribution in [2.75, 3.05) is 13.2 Å². The number of carbonyl (C=O) groups excluding carboxylic acids is 2. The number of amides is 2. The molecule has 0 aliphatic carbocycles. The van der Waals surface area contributed by atoms with E-state index in [1.807, 2.05) is 30.3 Å². The number of ether oxygens (including phenoxy) is 1. The third-order valence-corrected chi connectivity index (χ3v) is 4.84. The number of hydrogen-bond donors (Lipinski definition) is 1. The van der Waals surface area contributed by atoms with Crippen LogP contribution < -0.4 is 5.32 Å². The highest BCUT2D eigenvalue weighted by molar-refractivity contribution is 5.80. The van der Waals surface area contributed by atoms with Crippen molar-refractivity contribution in [3.8, 4) is 0 Å². The van der Waals surface area contributed by atoms with Crippen LogP contribution in [0.1, 0.15) is 24.0 Å². The zero-order valence-corrected chi connectivity index (χ0v) is 15.1. The predicted molar refractivity (Wildman–Crippen MR) is 99.1 cm³/mol. The lowest BCUT2D eigenvalue weighted by Crippen LogP contribution is -2.60. The maximum atomic E-state index is 13.1. The van der Waals surface area contributed by atoms with Crippen LogP contribution in [-0.4, -0.2) is 36.0 Å². The molecular weight excluding hydrogens is 347 g/mol. The first kappa shape index (κ1) is 19.0. The van der Waals surface area contributed by atoms with Crippen LogP contribution in [0.2, 0.25) is 0 Å². The summed E-state index contributed by atoms with van der Waals surface area (Å²) in [6.07, 6.45) is 2.19. The normalized spacial score (nSPS) is 19.1. The maximum Gasteiger partial charge on any atom is 0.228 e. The molecule has 0 radical (unpaired) electrons. The molecule has 1 aliphatic heterocycles. The molecule has 3 rings (SSSR count). The van der Waals surface area contributed by atoms with Gasteiger partial charge in [-0.15, -0.1) is 0 Å². The monoisotopic (exact) mass is 370 g/mol. The molecular formula is C21H23FN2O3. The summed E-state index contributed by atoms with van der Waals surface area (Å²) in [5, 5.41) is 2.81. The predicted octanol–water partition coefficient (Wildman–Crippen LogP) is 2.65. The second-order valence-electron chi connectivity index (χ2n) is 6.72. The molecule has 142 valence electrons. The number of nitrogens with zero attached hydrogens (tertiary/aromatic N) is 1. The van der Waals surface area contributed by atoms with Crippen molar-refractivity contribution in [1.82, 2.24) is 10.2 Å². The molecule has 0 bridgehead atoms. The molecule has 2 aromatic rings. The van der Waals surface area contributed by atoms with Crippen molar-refractivity contribution in [3.05, 3.63) is 71.5 Å². The third kappa shape index (κ3) is 4.71. The van der Waals surface area contributed by atoms with Crippen LogP contribution in [0, 0.1) is 5.82 Å². The summed E-state index contributed by atoms with van der Waals surface area (Å²) in [7, 11) is 0. The van der Waals surface area contributed by atoms with Gasteiger partial charge in [-0.3, -0.25) is 9.59 Å². The van der Waals surface area contributed by atoms with E-state index in [1.54, 1.807) is 17.0 Å². The number of hydrogen-bond acceptors (Lipinski definition) is 3. The van der Waals surface area contributed by atoms with Crippen molar-refractivity contribution in [2.24, 2.45) is 0 Å². The Hall–Kier alpha value is -2.73. The molecule has 1 atom stereocenters. The molecule has 1 unspecified atom stereocenters. The minimum Gasteiger partial charge on any atom is -0.372 e. The molecule has 1 aliphatic rings. The van der Waals surface area contributed by atoms with E-state index in [0.717, 1.165) is 17.5 Å². The molecule has 1 saturated heterocycles. The number of benzene rings is 2. The Bertz CT molecular complexity index is 767. The van der Waals surface area contributed by atoms with Gasteiger partial charge in [0.2, 0.25) is 12.3 Å². The number of likely N-dealkylation sites (tertiary alicyclic amines) is 1. The fraction of sp³-hybridized carbons (Fsp3) is 0.333. The van der Waals surface area contributed by atoms with Gasteiger partial charge in [-0.2, -0.15) is 0 Å². The van der Waals surface area contributed by atoms with Crippen LogP contribution in [0.4, 0.5) is 4.39 Å². The van der Waals surface area contributed by atoms with Crippen LogP contribution in [0.15, 0.2) is 54.6 Å². The summed E-state index contributed by atoms with van der Waals surface area (Å²) >= 11 is 0. The molecule has 1 N–H and O–H groups in total. The molecule has 2 amide bonds. The Morgan fingerprint density at radius 1 is 1.15 bits per heavy atom. The number of halogens is 1. The first-order valence-corrected chi connectivity index (χ1v) is 9.01. The van der Waals surface area contributed by atoms with Gasteiger partial charge in [-0.1, -0.05) is 42.5 Å². The van der Waals surface area contributed by atoms with Gasteiger partial charge in [0.05, 0.1) is 19.6 Å². The van der Waals surface area contributed by atoms with Gasteiger partial charge in [-0.05, 0) is 36.1 Å². The van der Waals surface area contributed by atoms with Crippen LogP contribution in [-0.2, 0) is 27.4 Å². The first-order valence-electron chi connectivity index (χ1n) is 9.01. The van der Waals surface area contributed by atoms with Gasteiger partial charge < -0.3 is 15.0 Å². The van der Waals surface area contributed by atoms with Gasteiger partial charge in [-0.25, -0.2) is 4.39 Å². The van der Waals surface area contributed by atoms with Crippen molar-refractivity contribution in [3.63, 3.8) is 0 Å². The molecule has 27 heavy (non-hydrogen) atoms. The van der Waals surface area contributed by atoms with E-state index in [1.165, 1.54) is 12.1 Å². The van der Waals surface area contributed by atoms with E-state index in [-0.39, 0.29) is 24.8 Å². The lowest BCUT2D eigenvalue weighted by atomic mass is 10.1. The molecule has 0 saturated carbocycles. The first-order chi connectivity index (χ1) is 13.1. The van der Waals surface area contributed by atoms with Crippen molar-refractivity contribution >= 4 is 12.3 Å². The standard InChI is InChI=1S/C21H23FN2O3/c22-19-9-7-17(8-10-19)13-20(26)24-12-4-11-21(24,23-16-25)15-27-14-18-5-2-1-3-6-18/h1-3,5-10,16H,4,11-15H2,(H,23,25). The van der Waals surface area contributed by atoms with Crippen LogP contribution in [0.3, 0.4) is 0 Å². The summed E-state index contributed by atoms with van der Waals surface area (Å²) in [6, 6.07) is 15.6. The van der Waals surface area contributed by atoms with Gasteiger partial charge in [0.1, 0.15) is 11.5 Å². The maximum absolute atomic E-state index is 13.1. The third-order valence-electron chi connectivity index (χ3n) is 4.84. The summed E-state index contributed by atoms with van der Waals surface area (Å²) in [5.74, 6) is -0.449. The van der Waals surface area contributed by atoms with Gasteiger partial charge >= 0.3 is 0 Å². The summed E-state index contributed by atoms with van der Waals surface area (Å²) in [4.78, 5) is 25.7. The highest BCUT2D eigenvalue weighted by Crippen LogP contribution is 2.28. The molecule has 6 heteroatoms. The quantitative estimate of drug-likeness (QED) is 0.727. The van der Waals surface area contributed by atoms with Gasteiger partial charge in [0.25, 0.3) is 0 Å². The molecule has 2 aromatic carbocycles.